The number of likely N-dealkylation sites (N-methyl/N-ethyl adjacent to an activating group) is 1. The second kappa shape index (κ2) is 12.2. The molecule has 2 aliphatic rings. The number of carbonyl (C=O) groups excluding carboxylic acids is 2. The van der Waals surface area contributed by atoms with Gasteiger partial charge in [0, 0.05) is 29.9 Å². The molecule has 2 aliphatic heterocycles. The lowest BCUT2D eigenvalue weighted by Crippen LogP contribution is -2.49. The zero-order valence-corrected chi connectivity index (χ0v) is 22.4. The van der Waals surface area contributed by atoms with E-state index in [1.54, 1.807) is 4.90 Å². The summed E-state index contributed by atoms with van der Waals surface area (Å²) in [5.41, 5.74) is 4.44. The summed E-state index contributed by atoms with van der Waals surface area (Å²) in [5, 5.41) is 2.78. The van der Waals surface area contributed by atoms with Crippen LogP contribution in [0, 0.1) is 0 Å². The predicted octanol–water partition coefficient (Wildman–Crippen LogP) is 4.91. The average molecular weight is 526 g/mol. The second-order valence-electron chi connectivity index (χ2n) is 10.00. The standard InChI is InChI=1S/C32H35N3O4/c1-3-34(18-19-38-26-8-5-4-6-9-26)20-24-13-15-25(16-14-24)22-39-30-11-7-10-27-28(30)21-35(32(27)37)29-17-12-23(2)33-31(29)36/h4-11,13-16,29H,2-3,12,17-22H2,1H3,(H,33,36). The lowest BCUT2D eigenvalue weighted by Gasteiger charge is -2.31. The van der Waals surface area contributed by atoms with Gasteiger partial charge < -0.3 is 19.7 Å². The minimum absolute atomic E-state index is 0.123. The molecule has 2 heterocycles. The average Bonchev–Trinajstić information content (AvgIpc) is 3.29. The second-order valence-corrected chi connectivity index (χ2v) is 10.00. The smallest absolute Gasteiger partial charge is 0.255 e. The number of benzene rings is 3. The zero-order valence-electron chi connectivity index (χ0n) is 22.4. The first-order valence-corrected chi connectivity index (χ1v) is 13.5. The number of rotatable bonds is 11. The Labute approximate surface area is 230 Å². The van der Waals surface area contributed by atoms with Gasteiger partial charge in [-0.1, -0.05) is 62.0 Å². The van der Waals surface area contributed by atoms with E-state index < -0.39 is 6.04 Å². The number of hydrogen-bond acceptors (Lipinski definition) is 5. The summed E-state index contributed by atoms with van der Waals surface area (Å²) in [5.74, 6) is 1.29. The summed E-state index contributed by atoms with van der Waals surface area (Å²) in [7, 11) is 0. The van der Waals surface area contributed by atoms with Crippen LogP contribution in [0.1, 0.15) is 46.8 Å². The van der Waals surface area contributed by atoms with Crippen LogP contribution >= 0.6 is 0 Å². The molecule has 1 N–H and O–H groups in total. The maximum absolute atomic E-state index is 13.1. The van der Waals surface area contributed by atoms with E-state index in [4.69, 9.17) is 9.47 Å². The number of para-hydroxylation sites is 1. The molecule has 1 atom stereocenters. The van der Waals surface area contributed by atoms with Crippen molar-refractivity contribution >= 4 is 11.8 Å². The third kappa shape index (κ3) is 6.32. The van der Waals surface area contributed by atoms with Gasteiger partial charge in [0.05, 0.1) is 6.54 Å². The van der Waals surface area contributed by atoms with Crippen LogP contribution in [-0.4, -0.2) is 47.4 Å². The van der Waals surface area contributed by atoms with Gasteiger partial charge in [0.1, 0.15) is 30.8 Å². The van der Waals surface area contributed by atoms with Crippen LogP contribution < -0.4 is 14.8 Å². The maximum atomic E-state index is 13.1. The van der Waals surface area contributed by atoms with E-state index in [9.17, 15) is 9.59 Å². The molecule has 0 radical (unpaired) electrons. The fraction of sp³-hybridized carbons (Fsp3) is 0.312. The quantitative estimate of drug-likeness (QED) is 0.385. The van der Waals surface area contributed by atoms with Gasteiger partial charge in [0.2, 0.25) is 5.91 Å². The topological polar surface area (TPSA) is 71.1 Å². The van der Waals surface area contributed by atoms with E-state index >= 15 is 0 Å². The lowest BCUT2D eigenvalue weighted by atomic mass is 10.0. The normalized spacial score (nSPS) is 16.8. The minimum atomic E-state index is -0.483. The van der Waals surface area contributed by atoms with Gasteiger partial charge in [-0.15, -0.1) is 0 Å². The molecule has 1 fully saturated rings. The Morgan fingerprint density at radius 2 is 1.74 bits per heavy atom. The highest BCUT2D eigenvalue weighted by Crippen LogP contribution is 2.34. The summed E-state index contributed by atoms with van der Waals surface area (Å²) in [6.45, 7) is 10.0. The first-order chi connectivity index (χ1) is 19.0. The number of nitrogens with zero attached hydrogens (tertiary/aromatic N) is 2. The van der Waals surface area contributed by atoms with Crippen LogP contribution in [-0.2, 0) is 24.5 Å². The predicted molar refractivity (Wildman–Crippen MR) is 150 cm³/mol. The molecule has 0 aromatic heterocycles. The molecular formula is C32H35N3O4. The van der Waals surface area contributed by atoms with Gasteiger partial charge in [-0.05, 0) is 54.8 Å². The number of fused-ring (bicyclic) bond motifs is 1. The number of allylic oxidation sites excluding steroid dienone is 1. The molecule has 3 aromatic carbocycles. The van der Waals surface area contributed by atoms with E-state index in [-0.39, 0.29) is 11.8 Å². The summed E-state index contributed by atoms with van der Waals surface area (Å²) in [6, 6.07) is 23.4. The number of carbonyl (C=O) groups is 2. The van der Waals surface area contributed by atoms with Crippen LogP contribution in [0.2, 0.25) is 0 Å². The van der Waals surface area contributed by atoms with Gasteiger partial charge in [-0.25, -0.2) is 0 Å². The fourth-order valence-electron chi connectivity index (χ4n) is 5.09. The summed E-state index contributed by atoms with van der Waals surface area (Å²) < 4.78 is 12.0. The Bertz CT molecular complexity index is 1320. The van der Waals surface area contributed by atoms with Crippen molar-refractivity contribution in [3.8, 4) is 11.5 Å². The molecule has 39 heavy (non-hydrogen) atoms. The third-order valence-electron chi connectivity index (χ3n) is 7.34. The lowest BCUT2D eigenvalue weighted by molar-refractivity contribution is -0.126. The minimum Gasteiger partial charge on any atom is -0.492 e. The van der Waals surface area contributed by atoms with Crippen molar-refractivity contribution in [2.24, 2.45) is 0 Å². The van der Waals surface area contributed by atoms with Crippen molar-refractivity contribution in [3.05, 3.63) is 107 Å². The molecule has 1 unspecified atom stereocenters. The van der Waals surface area contributed by atoms with Gasteiger partial charge in [0.25, 0.3) is 5.91 Å². The molecule has 2 amide bonds. The SMILES string of the molecule is C=C1CCC(N2Cc3c(OCc4ccc(CN(CC)CCOc5ccccc5)cc4)cccc3C2=O)C(=O)N1. The van der Waals surface area contributed by atoms with Crippen LogP contribution in [0.5, 0.6) is 11.5 Å². The molecule has 1 saturated heterocycles. The Morgan fingerprint density at radius 1 is 0.974 bits per heavy atom. The number of piperidine rings is 1. The number of hydrogen-bond donors (Lipinski definition) is 1. The van der Waals surface area contributed by atoms with Crippen molar-refractivity contribution in [2.75, 3.05) is 19.7 Å². The molecule has 202 valence electrons. The molecule has 7 nitrogen and oxygen atoms in total. The Hall–Kier alpha value is -4.10. The largest absolute Gasteiger partial charge is 0.492 e. The maximum Gasteiger partial charge on any atom is 0.255 e. The van der Waals surface area contributed by atoms with Crippen molar-refractivity contribution in [3.63, 3.8) is 0 Å². The monoisotopic (exact) mass is 525 g/mol. The zero-order chi connectivity index (χ0) is 27.2. The van der Waals surface area contributed by atoms with Gasteiger partial charge in [-0.3, -0.25) is 14.5 Å². The molecule has 0 aliphatic carbocycles. The fourth-order valence-corrected chi connectivity index (χ4v) is 5.09. The van der Waals surface area contributed by atoms with E-state index in [0.717, 1.165) is 36.5 Å². The van der Waals surface area contributed by atoms with E-state index in [0.29, 0.717) is 49.6 Å². The van der Waals surface area contributed by atoms with Gasteiger partial charge in [0.15, 0.2) is 0 Å². The Morgan fingerprint density at radius 3 is 2.49 bits per heavy atom. The summed E-state index contributed by atoms with van der Waals surface area (Å²) >= 11 is 0. The molecule has 7 heteroatoms. The molecule has 0 bridgehead atoms. The number of amides is 2. The summed E-state index contributed by atoms with van der Waals surface area (Å²) in [4.78, 5) is 29.6. The highest BCUT2D eigenvalue weighted by molar-refractivity contribution is 6.02. The van der Waals surface area contributed by atoms with Gasteiger partial charge >= 0.3 is 0 Å². The summed E-state index contributed by atoms with van der Waals surface area (Å²) in [6.07, 6.45) is 1.26. The van der Waals surface area contributed by atoms with Crippen LogP contribution in [0.4, 0.5) is 0 Å². The first kappa shape index (κ1) is 26.5. The van der Waals surface area contributed by atoms with E-state index in [2.05, 4.69) is 48.0 Å². The van der Waals surface area contributed by atoms with Gasteiger partial charge in [-0.2, -0.15) is 0 Å². The van der Waals surface area contributed by atoms with Crippen LogP contribution in [0.25, 0.3) is 0 Å². The van der Waals surface area contributed by atoms with E-state index in [1.165, 1.54) is 5.56 Å². The molecular weight excluding hydrogens is 490 g/mol. The van der Waals surface area contributed by atoms with Crippen molar-refractivity contribution in [2.45, 2.75) is 45.5 Å². The van der Waals surface area contributed by atoms with Crippen LogP contribution in [0.15, 0.2) is 85.1 Å². The van der Waals surface area contributed by atoms with Crippen LogP contribution in [0.3, 0.4) is 0 Å². The van der Waals surface area contributed by atoms with Crippen molar-refractivity contribution in [1.82, 2.24) is 15.1 Å². The van der Waals surface area contributed by atoms with Crippen molar-refractivity contribution in [1.29, 1.82) is 0 Å². The molecule has 0 saturated carbocycles. The Kier molecular flexibility index (Phi) is 8.27. The molecule has 3 aromatic rings. The molecule has 5 rings (SSSR count). The number of nitrogens with one attached hydrogen (secondary N) is 1. The van der Waals surface area contributed by atoms with E-state index in [1.807, 2.05) is 48.5 Å². The highest BCUT2D eigenvalue weighted by atomic mass is 16.5. The first-order valence-electron chi connectivity index (χ1n) is 13.5. The van der Waals surface area contributed by atoms with Crippen molar-refractivity contribution < 1.29 is 19.1 Å². The molecule has 0 spiro atoms. The number of ether oxygens (including phenoxy) is 2. The highest BCUT2D eigenvalue weighted by Gasteiger charge is 2.39. The third-order valence-corrected chi connectivity index (χ3v) is 7.34. The Balaban J connectivity index is 1.15.